The van der Waals surface area contributed by atoms with Crippen LogP contribution in [-0.2, 0) is 17.7 Å². The van der Waals surface area contributed by atoms with Crippen LogP contribution < -0.4 is 10.1 Å². The number of benzene rings is 1. The first kappa shape index (κ1) is 19.8. The molecule has 1 aromatic heterocycles. The highest BCUT2D eigenvalue weighted by Crippen LogP contribution is 2.27. The fourth-order valence-corrected chi connectivity index (χ4v) is 2.52. The van der Waals surface area contributed by atoms with E-state index in [4.69, 9.17) is 9.47 Å². The van der Waals surface area contributed by atoms with Crippen molar-refractivity contribution in [1.29, 1.82) is 0 Å². The van der Waals surface area contributed by atoms with Gasteiger partial charge in [0.1, 0.15) is 11.4 Å². The van der Waals surface area contributed by atoms with Gasteiger partial charge in [-0.05, 0) is 50.5 Å². The third-order valence-corrected chi connectivity index (χ3v) is 3.65. The molecule has 26 heavy (non-hydrogen) atoms. The molecule has 0 saturated heterocycles. The maximum absolute atomic E-state index is 11.7. The molecule has 142 valence electrons. The summed E-state index contributed by atoms with van der Waals surface area (Å²) in [6.07, 6.45) is 3.79. The van der Waals surface area contributed by atoms with E-state index in [1.54, 1.807) is 18.0 Å². The molecule has 0 spiro atoms. The van der Waals surface area contributed by atoms with E-state index in [9.17, 15) is 9.90 Å². The molecule has 0 saturated carbocycles. The largest absolute Gasteiger partial charge is 0.497 e. The van der Waals surface area contributed by atoms with Crippen molar-refractivity contribution in [3.63, 3.8) is 0 Å². The quantitative estimate of drug-likeness (QED) is 0.792. The summed E-state index contributed by atoms with van der Waals surface area (Å²) in [4.78, 5) is 11.7. The van der Waals surface area contributed by atoms with Gasteiger partial charge in [-0.3, -0.25) is 4.68 Å². The van der Waals surface area contributed by atoms with Gasteiger partial charge in [-0.1, -0.05) is 6.07 Å². The summed E-state index contributed by atoms with van der Waals surface area (Å²) < 4.78 is 12.2. The Morgan fingerprint density at radius 2 is 2.12 bits per heavy atom. The van der Waals surface area contributed by atoms with Crippen molar-refractivity contribution in [2.75, 3.05) is 20.3 Å². The molecule has 2 N–H and O–H groups in total. The first-order chi connectivity index (χ1) is 12.3. The summed E-state index contributed by atoms with van der Waals surface area (Å²) in [5, 5.41) is 16.3. The fourth-order valence-electron chi connectivity index (χ4n) is 2.52. The normalized spacial score (nSPS) is 11.3. The van der Waals surface area contributed by atoms with E-state index in [2.05, 4.69) is 10.4 Å². The molecule has 7 heteroatoms. The predicted molar refractivity (Wildman–Crippen MR) is 99.2 cm³/mol. The van der Waals surface area contributed by atoms with Crippen molar-refractivity contribution in [2.24, 2.45) is 0 Å². The topological polar surface area (TPSA) is 85.6 Å². The molecule has 0 fully saturated rings. The summed E-state index contributed by atoms with van der Waals surface area (Å²) in [6, 6.07) is 5.77. The second-order valence-electron chi connectivity index (χ2n) is 6.92. The van der Waals surface area contributed by atoms with Gasteiger partial charge in [-0.25, -0.2) is 4.79 Å². The maximum Gasteiger partial charge on any atom is 0.407 e. The van der Waals surface area contributed by atoms with Crippen molar-refractivity contribution in [3.8, 4) is 16.9 Å². The lowest BCUT2D eigenvalue weighted by Crippen LogP contribution is -2.34. The number of aliphatic hydroxyl groups excluding tert-OH is 1. The zero-order valence-corrected chi connectivity index (χ0v) is 15.8. The number of carbonyl (C=O) groups is 1. The number of methoxy groups -OCH3 is 1. The number of alkyl carbamates (subject to hydrolysis) is 1. The third kappa shape index (κ3) is 5.77. The van der Waals surface area contributed by atoms with E-state index in [1.807, 2.05) is 45.2 Å². The van der Waals surface area contributed by atoms with Gasteiger partial charge < -0.3 is 19.9 Å². The van der Waals surface area contributed by atoms with Gasteiger partial charge >= 0.3 is 6.09 Å². The van der Waals surface area contributed by atoms with Gasteiger partial charge in [-0.2, -0.15) is 5.10 Å². The summed E-state index contributed by atoms with van der Waals surface area (Å²) in [7, 11) is 1.62. The second-order valence-corrected chi connectivity index (χ2v) is 6.92. The summed E-state index contributed by atoms with van der Waals surface area (Å²) in [5.41, 5.74) is 2.44. The average molecular weight is 361 g/mol. The van der Waals surface area contributed by atoms with Gasteiger partial charge in [0.05, 0.1) is 19.9 Å². The number of ether oxygens (including phenoxy) is 2. The Morgan fingerprint density at radius 3 is 2.77 bits per heavy atom. The molecule has 0 aliphatic rings. The van der Waals surface area contributed by atoms with E-state index in [1.165, 1.54) is 0 Å². The molecule has 0 unspecified atom stereocenters. The van der Waals surface area contributed by atoms with Crippen molar-refractivity contribution in [2.45, 2.75) is 39.3 Å². The molecule has 2 rings (SSSR count). The minimum absolute atomic E-state index is 0.0636. The summed E-state index contributed by atoms with van der Waals surface area (Å²) >= 11 is 0. The number of aromatic nitrogens is 2. The molecule has 0 aliphatic carbocycles. The molecule has 2 aromatic rings. The van der Waals surface area contributed by atoms with Crippen LogP contribution in [0.2, 0.25) is 0 Å². The number of hydrogen-bond acceptors (Lipinski definition) is 5. The zero-order chi connectivity index (χ0) is 19.2. The summed E-state index contributed by atoms with van der Waals surface area (Å²) in [5.74, 6) is 0.756. The minimum atomic E-state index is -0.513. The Bertz CT molecular complexity index is 735. The van der Waals surface area contributed by atoms with Crippen LogP contribution >= 0.6 is 0 Å². The number of amides is 1. The molecular weight excluding hydrogens is 334 g/mol. The Labute approximate surface area is 153 Å². The van der Waals surface area contributed by atoms with Gasteiger partial charge in [0.15, 0.2) is 0 Å². The maximum atomic E-state index is 11.7. The Hall–Kier alpha value is -2.54. The van der Waals surface area contributed by atoms with Crippen molar-refractivity contribution < 1.29 is 19.4 Å². The van der Waals surface area contributed by atoms with Crippen LogP contribution in [0.15, 0.2) is 30.6 Å². The van der Waals surface area contributed by atoms with E-state index in [0.717, 1.165) is 22.4 Å². The predicted octanol–water partition coefficient (Wildman–Crippen LogP) is 2.62. The molecule has 1 aromatic carbocycles. The lowest BCUT2D eigenvalue weighted by Gasteiger charge is -2.19. The Kier molecular flexibility index (Phi) is 6.63. The lowest BCUT2D eigenvalue weighted by molar-refractivity contribution is 0.0525. The molecule has 0 atom stereocenters. The van der Waals surface area contributed by atoms with E-state index in [-0.39, 0.29) is 6.61 Å². The minimum Gasteiger partial charge on any atom is -0.497 e. The lowest BCUT2D eigenvalue weighted by atomic mass is 10.00. The second kappa shape index (κ2) is 8.71. The van der Waals surface area contributed by atoms with Gasteiger partial charge in [0.25, 0.3) is 0 Å². The average Bonchev–Trinajstić information content (AvgIpc) is 3.02. The highest BCUT2D eigenvalue weighted by Gasteiger charge is 2.15. The molecule has 0 radical (unpaired) electrons. The van der Waals surface area contributed by atoms with Crippen LogP contribution in [0.5, 0.6) is 5.75 Å². The first-order valence-electron chi connectivity index (χ1n) is 8.60. The number of carbonyl (C=O) groups excluding carboxylic acids is 1. The standard InChI is InChI=1S/C19H27N3O4/c1-19(2,3)26-18(24)20-8-9-22-13-15(12-21-22)17-6-5-16(25-4)11-14(17)7-10-23/h5-6,11-13,23H,7-10H2,1-4H3,(H,20,24). The van der Waals surface area contributed by atoms with Crippen molar-refractivity contribution in [3.05, 3.63) is 36.2 Å². The van der Waals surface area contributed by atoms with Crippen molar-refractivity contribution in [1.82, 2.24) is 15.1 Å². The van der Waals surface area contributed by atoms with Crippen LogP contribution in [0.25, 0.3) is 11.1 Å². The van der Waals surface area contributed by atoms with Crippen LogP contribution in [0.4, 0.5) is 4.79 Å². The van der Waals surface area contributed by atoms with Crippen LogP contribution in [0, 0.1) is 0 Å². The van der Waals surface area contributed by atoms with E-state index >= 15 is 0 Å². The number of hydrogen-bond donors (Lipinski definition) is 2. The smallest absolute Gasteiger partial charge is 0.407 e. The molecule has 0 aliphatic heterocycles. The van der Waals surface area contributed by atoms with Crippen LogP contribution in [0.1, 0.15) is 26.3 Å². The molecule has 1 amide bonds. The summed E-state index contributed by atoms with van der Waals surface area (Å²) in [6.45, 7) is 6.49. The fraction of sp³-hybridized carbons (Fsp3) is 0.474. The van der Waals surface area contributed by atoms with Gasteiger partial charge in [0.2, 0.25) is 0 Å². The monoisotopic (exact) mass is 361 g/mol. The number of rotatable bonds is 7. The molecule has 1 heterocycles. The van der Waals surface area contributed by atoms with Crippen LogP contribution in [0.3, 0.4) is 0 Å². The number of nitrogens with zero attached hydrogens (tertiary/aromatic N) is 2. The van der Waals surface area contributed by atoms with Gasteiger partial charge in [-0.15, -0.1) is 0 Å². The third-order valence-electron chi connectivity index (χ3n) is 3.65. The van der Waals surface area contributed by atoms with E-state index < -0.39 is 11.7 Å². The number of nitrogens with one attached hydrogen (secondary N) is 1. The highest BCUT2D eigenvalue weighted by atomic mass is 16.6. The molecular formula is C19H27N3O4. The van der Waals surface area contributed by atoms with Gasteiger partial charge in [0, 0.05) is 24.9 Å². The Morgan fingerprint density at radius 1 is 1.35 bits per heavy atom. The van der Waals surface area contributed by atoms with Crippen LogP contribution in [-0.4, -0.2) is 46.8 Å². The highest BCUT2D eigenvalue weighted by molar-refractivity contribution is 5.68. The SMILES string of the molecule is COc1ccc(-c2cnn(CCNC(=O)OC(C)(C)C)c2)c(CCO)c1. The zero-order valence-electron chi connectivity index (χ0n) is 15.8. The first-order valence-corrected chi connectivity index (χ1v) is 8.60. The molecule has 7 nitrogen and oxygen atoms in total. The van der Waals surface area contributed by atoms with Crippen molar-refractivity contribution >= 4 is 6.09 Å². The van der Waals surface area contributed by atoms with E-state index in [0.29, 0.717) is 19.5 Å². The number of aliphatic hydroxyl groups is 1. The molecule has 0 bridgehead atoms. The Balaban J connectivity index is 2.00.